The number of carbonyl (C=O) groups excluding carboxylic acids is 1. The Morgan fingerprint density at radius 1 is 1.35 bits per heavy atom. The lowest BCUT2D eigenvalue weighted by atomic mass is 10.2. The zero-order valence-corrected chi connectivity index (χ0v) is 13.0. The van der Waals surface area contributed by atoms with Crippen molar-refractivity contribution in [1.29, 1.82) is 0 Å². The molecule has 3 rings (SSSR count). The average molecular weight is 312 g/mol. The summed E-state index contributed by atoms with van der Waals surface area (Å²) in [5.74, 6) is 0.176. The second-order valence-electron chi connectivity index (χ2n) is 5.56. The summed E-state index contributed by atoms with van der Waals surface area (Å²) < 4.78 is 0. The molecule has 23 heavy (non-hydrogen) atoms. The van der Waals surface area contributed by atoms with Gasteiger partial charge in [-0.05, 0) is 43.7 Å². The van der Waals surface area contributed by atoms with E-state index in [2.05, 4.69) is 15.6 Å². The van der Waals surface area contributed by atoms with Gasteiger partial charge in [-0.1, -0.05) is 6.07 Å². The number of aryl methyl sites for hydroxylation is 1. The fourth-order valence-corrected chi connectivity index (χ4v) is 2.58. The summed E-state index contributed by atoms with van der Waals surface area (Å²) in [6, 6.07) is 11.0. The summed E-state index contributed by atoms with van der Waals surface area (Å²) in [5.41, 5.74) is 3.20. The Morgan fingerprint density at radius 3 is 3.04 bits per heavy atom. The third-order valence-electron chi connectivity index (χ3n) is 3.79. The van der Waals surface area contributed by atoms with Gasteiger partial charge in [0, 0.05) is 30.2 Å². The minimum atomic E-state index is -0.0635. The Kier molecular flexibility index (Phi) is 4.32. The van der Waals surface area contributed by atoms with Crippen molar-refractivity contribution < 1.29 is 9.90 Å². The molecule has 1 aliphatic rings. The van der Waals surface area contributed by atoms with Gasteiger partial charge in [0.15, 0.2) is 0 Å². The number of hydrogen-bond acceptors (Lipinski definition) is 4. The number of hydrogen-bond donors (Lipinski definition) is 3. The Hall–Kier alpha value is -2.76. The highest BCUT2D eigenvalue weighted by Crippen LogP contribution is 2.22. The van der Waals surface area contributed by atoms with Crippen molar-refractivity contribution in [1.82, 2.24) is 10.3 Å². The Balaban J connectivity index is 1.72. The minimum absolute atomic E-state index is 0.0635. The molecule has 2 amide bonds. The van der Waals surface area contributed by atoms with Crippen LogP contribution in [0.15, 0.2) is 36.4 Å². The van der Waals surface area contributed by atoms with Crippen LogP contribution in [0.5, 0.6) is 5.75 Å². The fourth-order valence-electron chi connectivity index (χ4n) is 2.58. The van der Waals surface area contributed by atoms with E-state index < -0.39 is 0 Å². The topological polar surface area (TPSA) is 77.5 Å². The van der Waals surface area contributed by atoms with Crippen molar-refractivity contribution in [2.75, 3.05) is 23.3 Å². The minimum Gasteiger partial charge on any atom is -0.506 e. The summed E-state index contributed by atoms with van der Waals surface area (Å²) in [7, 11) is 0. The lowest BCUT2D eigenvalue weighted by molar-refractivity contribution is 0.243. The summed E-state index contributed by atoms with van der Waals surface area (Å²) in [5, 5.41) is 15.9. The normalized spacial score (nSPS) is 14.5. The fraction of sp³-hybridized carbons (Fsp3) is 0.294. The van der Waals surface area contributed by atoms with Gasteiger partial charge in [-0.15, -0.1) is 0 Å². The molecule has 1 saturated heterocycles. The molecule has 1 aromatic carbocycles. The number of pyridine rings is 1. The van der Waals surface area contributed by atoms with E-state index >= 15 is 0 Å². The molecule has 0 spiro atoms. The van der Waals surface area contributed by atoms with Gasteiger partial charge >= 0.3 is 6.03 Å². The molecule has 1 aliphatic heterocycles. The maximum Gasteiger partial charge on any atom is 0.321 e. The van der Waals surface area contributed by atoms with E-state index in [0.29, 0.717) is 12.2 Å². The smallest absolute Gasteiger partial charge is 0.321 e. The standard InChI is InChI=1S/C17H20N4O2/c1-12-6-7-16(22)15(20-12)11-19-13-4-2-5-14(10-13)21-9-3-8-18-17(21)23/h2,4-7,10,19,22H,3,8-9,11H2,1H3,(H,18,23). The number of urea groups is 1. The zero-order chi connectivity index (χ0) is 16.2. The first kappa shape index (κ1) is 15.1. The second-order valence-corrected chi connectivity index (χ2v) is 5.56. The predicted molar refractivity (Wildman–Crippen MR) is 89.8 cm³/mol. The van der Waals surface area contributed by atoms with E-state index in [9.17, 15) is 9.90 Å². The maximum absolute atomic E-state index is 11.9. The van der Waals surface area contributed by atoms with E-state index in [-0.39, 0.29) is 11.8 Å². The molecule has 2 heterocycles. The number of carbonyl (C=O) groups is 1. The Bertz CT molecular complexity index is 717. The molecule has 120 valence electrons. The predicted octanol–water partition coefficient (Wildman–Crippen LogP) is 2.63. The van der Waals surface area contributed by atoms with Gasteiger partial charge in [0.05, 0.1) is 6.54 Å². The van der Waals surface area contributed by atoms with Crippen molar-refractivity contribution in [3.05, 3.63) is 47.8 Å². The number of aromatic nitrogens is 1. The molecule has 6 nitrogen and oxygen atoms in total. The van der Waals surface area contributed by atoms with Crippen LogP contribution >= 0.6 is 0 Å². The van der Waals surface area contributed by atoms with Crippen molar-refractivity contribution in [2.24, 2.45) is 0 Å². The number of amides is 2. The van der Waals surface area contributed by atoms with E-state index in [0.717, 1.165) is 36.6 Å². The van der Waals surface area contributed by atoms with Gasteiger partial charge in [-0.25, -0.2) is 4.79 Å². The molecule has 0 saturated carbocycles. The molecular weight excluding hydrogens is 292 g/mol. The molecule has 1 aromatic heterocycles. The van der Waals surface area contributed by atoms with Gasteiger partial charge < -0.3 is 15.7 Å². The van der Waals surface area contributed by atoms with Crippen LogP contribution in [0.2, 0.25) is 0 Å². The van der Waals surface area contributed by atoms with E-state index in [1.807, 2.05) is 31.2 Å². The molecule has 2 aromatic rings. The average Bonchev–Trinajstić information content (AvgIpc) is 2.56. The maximum atomic E-state index is 11.9. The van der Waals surface area contributed by atoms with Crippen LogP contribution in [0.4, 0.5) is 16.2 Å². The second kappa shape index (κ2) is 6.56. The van der Waals surface area contributed by atoms with Crippen LogP contribution in [-0.2, 0) is 6.54 Å². The van der Waals surface area contributed by atoms with E-state index in [1.165, 1.54) is 0 Å². The number of nitrogens with one attached hydrogen (secondary N) is 2. The molecular formula is C17H20N4O2. The molecule has 0 unspecified atom stereocenters. The zero-order valence-electron chi connectivity index (χ0n) is 13.0. The van der Waals surface area contributed by atoms with E-state index in [1.54, 1.807) is 17.0 Å². The number of rotatable bonds is 4. The Labute approximate surface area is 135 Å². The molecule has 0 bridgehead atoms. The molecule has 0 atom stereocenters. The van der Waals surface area contributed by atoms with Gasteiger partial charge in [0.1, 0.15) is 11.4 Å². The quantitative estimate of drug-likeness (QED) is 0.811. The van der Waals surface area contributed by atoms with E-state index in [4.69, 9.17) is 0 Å². The molecule has 3 N–H and O–H groups in total. The first-order valence-electron chi connectivity index (χ1n) is 7.68. The number of aromatic hydroxyl groups is 1. The van der Waals surface area contributed by atoms with Gasteiger partial charge in [0.25, 0.3) is 0 Å². The highest BCUT2D eigenvalue weighted by atomic mass is 16.3. The third-order valence-corrected chi connectivity index (χ3v) is 3.79. The summed E-state index contributed by atoms with van der Waals surface area (Å²) in [6.45, 7) is 3.75. The monoisotopic (exact) mass is 312 g/mol. The highest BCUT2D eigenvalue weighted by molar-refractivity contribution is 5.93. The first-order chi connectivity index (χ1) is 11.1. The van der Waals surface area contributed by atoms with Crippen molar-refractivity contribution in [3.63, 3.8) is 0 Å². The number of nitrogens with zero attached hydrogens (tertiary/aromatic N) is 2. The van der Waals surface area contributed by atoms with Gasteiger partial charge in [-0.3, -0.25) is 9.88 Å². The van der Waals surface area contributed by atoms with Crippen LogP contribution in [-0.4, -0.2) is 29.2 Å². The lowest BCUT2D eigenvalue weighted by Gasteiger charge is -2.27. The largest absolute Gasteiger partial charge is 0.506 e. The van der Waals surface area contributed by atoms with Crippen molar-refractivity contribution in [3.8, 4) is 5.75 Å². The molecule has 0 radical (unpaired) electrons. The summed E-state index contributed by atoms with van der Waals surface area (Å²) in [6.07, 6.45) is 0.935. The summed E-state index contributed by atoms with van der Waals surface area (Å²) in [4.78, 5) is 18.0. The van der Waals surface area contributed by atoms with Crippen LogP contribution in [0.1, 0.15) is 17.8 Å². The lowest BCUT2D eigenvalue weighted by Crippen LogP contribution is -2.46. The van der Waals surface area contributed by atoms with Crippen molar-refractivity contribution in [2.45, 2.75) is 19.9 Å². The number of anilines is 2. The highest BCUT2D eigenvalue weighted by Gasteiger charge is 2.19. The molecule has 1 fully saturated rings. The third kappa shape index (κ3) is 3.53. The summed E-state index contributed by atoms with van der Waals surface area (Å²) >= 11 is 0. The van der Waals surface area contributed by atoms with Gasteiger partial charge in [0.2, 0.25) is 0 Å². The number of benzene rings is 1. The molecule has 6 heteroatoms. The van der Waals surface area contributed by atoms with Crippen LogP contribution in [0.3, 0.4) is 0 Å². The first-order valence-corrected chi connectivity index (χ1v) is 7.68. The Morgan fingerprint density at radius 2 is 2.22 bits per heavy atom. The van der Waals surface area contributed by atoms with Gasteiger partial charge in [-0.2, -0.15) is 0 Å². The van der Waals surface area contributed by atoms with Crippen molar-refractivity contribution >= 4 is 17.4 Å². The molecule has 0 aliphatic carbocycles. The van der Waals surface area contributed by atoms with Crippen LogP contribution in [0, 0.1) is 6.92 Å². The van der Waals surface area contributed by atoms with Crippen LogP contribution in [0.25, 0.3) is 0 Å². The SMILES string of the molecule is Cc1ccc(O)c(CNc2cccc(N3CCCNC3=O)c2)n1. The van der Waals surface area contributed by atoms with Crippen LogP contribution < -0.4 is 15.5 Å².